The number of esters is 1. The number of nitro groups is 1. The quantitative estimate of drug-likeness (QED) is 0.230. The standard InChI is InChI=1S/C22H18ClNO8S/c1-29-22(25)13-30-19-5-3-4-6-20(19)32-21-11-14(7-9-17(21)24(26)27)31-18-10-8-15(33(2)28)12-16(18)23/h3-12H,13H2,1-2H3. The molecule has 3 aromatic carbocycles. The molecule has 1 atom stereocenters. The van der Waals surface area contributed by atoms with Gasteiger partial charge in [-0.3, -0.25) is 14.3 Å². The third-order valence-electron chi connectivity index (χ3n) is 4.23. The first-order chi connectivity index (χ1) is 15.8. The fourth-order valence-corrected chi connectivity index (χ4v) is 3.46. The van der Waals surface area contributed by atoms with Crippen molar-refractivity contribution in [2.45, 2.75) is 4.90 Å². The predicted octanol–water partition coefficient (Wildman–Crippen LogP) is 5.12. The maximum absolute atomic E-state index is 11.6. The van der Waals surface area contributed by atoms with E-state index in [4.69, 9.17) is 25.8 Å². The first-order valence-electron chi connectivity index (χ1n) is 9.34. The van der Waals surface area contributed by atoms with Gasteiger partial charge in [0.15, 0.2) is 18.1 Å². The van der Waals surface area contributed by atoms with Crippen molar-refractivity contribution in [3.05, 3.63) is 75.8 Å². The molecule has 0 fully saturated rings. The van der Waals surface area contributed by atoms with E-state index < -0.39 is 21.7 Å². The van der Waals surface area contributed by atoms with E-state index in [1.165, 1.54) is 43.7 Å². The molecular formula is C22H18ClNO8S. The van der Waals surface area contributed by atoms with E-state index in [-0.39, 0.29) is 46.1 Å². The molecule has 0 saturated carbocycles. The number of para-hydroxylation sites is 2. The summed E-state index contributed by atoms with van der Waals surface area (Å²) in [5.74, 6) is 0.113. The van der Waals surface area contributed by atoms with Gasteiger partial charge in [-0.25, -0.2) is 4.79 Å². The van der Waals surface area contributed by atoms with Crippen molar-refractivity contribution in [1.29, 1.82) is 0 Å². The van der Waals surface area contributed by atoms with Gasteiger partial charge in [-0.05, 0) is 36.4 Å². The molecule has 0 aliphatic heterocycles. The van der Waals surface area contributed by atoms with Gasteiger partial charge in [-0.2, -0.15) is 0 Å². The Morgan fingerprint density at radius 2 is 1.73 bits per heavy atom. The van der Waals surface area contributed by atoms with E-state index in [0.717, 1.165) is 0 Å². The number of halogens is 1. The molecule has 0 heterocycles. The molecule has 9 nitrogen and oxygen atoms in total. The Kier molecular flexibility index (Phi) is 7.86. The number of nitro benzene ring substituents is 1. The van der Waals surface area contributed by atoms with Crippen LogP contribution < -0.4 is 14.2 Å². The molecule has 0 bridgehead atoms. The maximum atomic E-state index is 11.6. The summed E-state index contributed by atoms with van der Waals surface area (Å²) in [6, 6.07) is 15.0. The summed E-state index contributed by atoms with van der Waals surface area (Å²) in [5, 5.41) is 11.7. The van der Waals surface area contributed by atoms with E-state index >= 15 is 0 Å². The van der Waals surface area contributed by atoms with Crippen LogP contribution in [0.15, 0.2) is 65.6 Å². The Balaban J connectivity index is 1.90. The lowest BCUT2D eigenvalue weighted by Crippen LogP contribution is -2.12. The topological polar surface area (TPSA) is 114 Å². The molecular weight excluding hydrogens is 474 g/mol. The van der Waals surface area contributed by atoms with Crippen molar-refractivity contribution in [2.75, 3.05) is 20.0 Å². The number of carbonyl (C=O) groups is 1. The van der Waals surface area contributed by atoms with Crippen molar-refractivity contribution in [1.82, 2.24) is 0 Å². The van der Waals surface area contributed by atoms with Gasteiger partial charge in [0.1, 0.15) is 11.5 Å². The number of ether oxygens (including phenoxy) is 4. The highest BCUT2D eigenvalue weighted by atomic mass is 35.5. The number of hydrogen-bond donors (Lipinski definition) is 0. The smallest absolute Gasteiger partial charge is 0.343 e. The highest BCUT2D eigenvalue weighted by molar-refractivity contribution is 7.84. The second kappa shape index (κ2) is 10.8. The summed E-state index contributed by atoms with van der Waals surface area (Å²) in [7, 11) is 0.0143. The number of benzene rings is 3. The number of hydrogen-bond acceptors (Lipinski definition) is 8. The Morgan fingerprint density at radius 1 is 1.00 bits per heavy atom. The van der Waals surface area contributed by atoms with Crippen molar-refractivity contribution >= 4 is 34.1 Å². The average molecular weight is 492 g/mol. The molecule has 0 saturated heterocycles. The van der Waals surface area contributed by atoms with Crippen molar-refractivity contribution < 1.29 is 32.9 Å². The summed E-state index contributed by atoms with van der Waals surface area (Å²) in [5.41, 5.74) is -0.312. The molecule has 1 unspecified atom stereocenters. The second-order valence-electron chi connectivity index (χ2n) is 6.45. The van der Waals surface area contributed by atoms with Crippen LogP contribution in [0.4, 0.5) is 5.69 Å². The molecule has 11 heteroatoms. The van der Waals surface area contributed by atoms with E-state index in [2.05, 4.69) is 4.74 Å². The number of carbonyl (C=O) groups excluding carboxylic acids is 1. The molecule has 0 aromatic heterocycles. The molecule has 0 spiro atoms. The summed E-state index contributed by atoms with van der Waals surface area (Å²) in [6.45, 7) is -0.362. The third-order valence-corrected chi connectivity index (χ3v) is 5.45. The molecule has 0 N–H and O–H groups in total. The summed E-state index contributed by atoms with van der Waals surface area (Å²) in [4.78, 5) is 22.8. The minimum absolute atomic E-state index is 0.117. The van der Waals surface area contributed by atoms with Crippen LogP contribution in [-0.2, 0) is 20.3 Å². The fourth-order valence-electron chi connectivity index (χ4n) is 2.63. The van der Waals surface area contributed by atoms with Crippen LogP contribution in [-0.4, -0.2) is 35.1 Å². The highest BCUT2D eigenvalue weighted by Gasteiger charge is 2.20. The molecule has 172 valence electrons. The minimum atomic E-state index is -1.21. The zero-order valence-corrected chi connectivity index (χ0v) is 19.1. The van der Waals surface area contributed by atoms with Crippen molar-refractivity contribution in [3.8, 4) is 28.7 Å². The highest BCUT2D eigenvalue weighted by Crippen LogP contribution is 2.40. The van der Waals surface area contributed by atoms with Crippen LogP contribution in [0.25, 0.3) is 0 Å². The van der Waals surface area contributed by atoms with E-state index in [1.54, 1.807) is 30.3 Å². The normalized spacial score (nSPS) is 11.4. The van der Waals surface area contributed by atoms with Crippen LogP contribution in [0.3, 0.4) is 0 Å². The molecule has 0 aliphatic rings. The predicted molar refractivity (Wildman–Crippen MR) is 121 cm³/mol. The summed E-state index contributed by atoms with van der Waals surface area (Å²) >= 11 is 6.21. The first-order valence-corrected chi connectivity index (χ1v) is 11.3. The summed E-state index contributed by atoms with van der Waals surface area (Å²) in [6.07, 6.45) is 1.53. The molecule has 0 aliphatic carbocycles. The molecule has 33 heavy (non-hydrogen) atoms. The lowest BCUT2D eigenvalue weighted by atomic mass is 10.2. The monoisotopic (exact) mass is 491 g/mol. The van der Waals surface area contributed by atoms with Crippen LogP contribution >= 0.6 is 11.6 Å². The van der Waals surface area contributed by atoms with E-state index in [1.807, 2.05) is 0 Å². The van der Waals surface area contributed by atoms with Crippen molar-refractivity contribution in [3.63, 3.8) is 0 Å². The molecule has 0 radical (unpaired) electrons. The Labute approximate surface area is 196 Å². The minimum Gasteiger partial charge on any atom is -0.478 e. The second-order valence-corrected chi connectivity index (χ2v) is 8.24. The van der Waals surface area contributed by atoms with Gasteiger partial charge >= 0.3 is 11.7 Å². The number of methoxy groups -OCH3 is 1. The molecule has 0 amide bonds. The van der Waals surface area contributed by atoms with Crippen LogP contribution in [0.2, 0.25) is 5.02 Å². The van der Waals surface area contributed by atoms with Gasteiger partial charge in [0.05, 0.1) is 17.1 Å². The number of rotatable bonds is 9. The lowest BCUT2D eigenvalue weighted by Gasteiger charge is -2.13. The van der Waals surface area contributed by atoms with Crippen LogP contribution in [0.5, 0.6) is 28.7 Å². The lowest BCUT2D eigenvalue weighted by molar-refractivity contribution is -0.385. The Morgan fingerprint density at radius 3 is 2.36 bits per heavy atom. The molecule has 3 rings (SSSR count). The zero-order chi connectivity index (χ0) is 24.0. The van der Waals surface area contributed by atoms with Gasteiger partial charge in [0.25, 0.3) is 0 Å². The first kappa shape index (κ1) is 24.0. The van der Waals surface area contributed by atoms with Gasteiger partial charge in [0, 0.05) is 34.1 Å². The van der Waals surface area contributed by atoms with E-state index in [0.29, 0.717) is 4.90 Å². The molecule has 3 aromatic rings. The van der Waals surface area contributed by atoms with Gasteiger partial charge < -0.3 is 18.9 Å². The van der Waals surface area contributed by atoms with Gasteiger partial charge in [-0.1, -0.05) is 23.7 Å². The van der Waals surface area contributed by atoms with Crippen LogP contribution in [0.1, 0.15) is 0 Å². The maximum Gasteiger partial charge on any atom is 0.343 e. The van der Waals surface area contributed by atoms with Gasteiger partial charge in [0.2, 0.25) is 5.75 Å². The largest absolute Gasteiger partial charge is 0.478 e. The fraction of sp³-hybridized carbons (Fsp3) is 0.136. The zero-order valence-electron chi connectivity index (χ0n) is 17.5. The number of nitrogens with zero attached hydrogens (tertiary/aromatic N) is 1. The van der Waals surface area contributed by atoms with Crippen molar-refractivity contribution in [2.24, 2.45) is 0 Å². The Bertz CT molecular complexity index is 1220. The summed E-state index contributed by atoms with van der Waals surface area (Å²) < 4.78 is 33.1. The SMILES string of the molecule is COC(=O)COc1ccccc1Oc1cc(Oc2ccc(S(C)=O)cc2Cl)ccc1[N+](=O)[O-]. The van der Waals surface area contributed by atoms with Gasteiger partial charge in [-0.15, -0.1) is 0 Å². The third kappa shape index (κ3) is 6.21. The average Bonchev–Trinajstić information content (AvgIpc) is 2.79. The van der Waals surface area contributed by atoms with Crippen LogP contribution in [0, 0.1) is 10.1 Å². The Hall–Kier alpha value is -3.63. The van der Waals surface area contributed by atoms with E-state index in [9.17, 15) is 19.1 Å².